The van der Waals surface area contributed by atoms with Crippen LogP contribution < -0.4 is 5.32 Å². The Hall–Kier alpha value is -1.06. The molecule has 0 radical (unpaired) electrons. The molecule has 1 aliphatic rings. The third-order valence-electron chi connectivity index (χ3n) is 3.27. The van der Waals surface area contributed by atoms with Crippen LogP contribution in [0, 0.1) is 0 Å². The molecule has 0 spiro atoms. The van der Waals surface area contributed by atoms with E-state index in [9.17, 15) is 0 Å². The number of halogens is 1. The molecule has 4 heteroatoms. The van der Waals surface area contributed by atoms with Gasteiger partial charge in [0.05, 0.1) is 0 Å². The average molecular weight is 236 g/mol. The summed E-state index contributed by atoms with van der Waals surface area (Å²) in [5, 5.41) is 5.19. The lowest BCUT2D eigenvalue weighted by Gasteiger charge is -2.22. The smallest absolute Gasteiger partial charge is 0.139 e. The quantitative estimate of drug-likeness (QED) is 0.747. The van der Waals surface area contributed by atoms with E-state index < -0.39 is 0 Å². The predicted octanol–water partition coefficient (Wildman–Crippen LogP) is 2.68. The molecule has 0 saturated carbocycles. The lowest BCUT2D eigenvalue weighted by molar-refractivity contribution is 0.463. The van der Waals surface area contributed by atoms with E-state index in [1.807, 2.05) is 6.07 Å². The van der Waals surface area contributed by atoms with Gasteiger partial charge in [-0.1, -0.05) is 11.6 Å². The maximum Gasteiger partial charge on any atom is 0.139 e. The zero-order chi connectivity index (χ0) is 11.0. The van der Waals surface area contributed by atoms with Crippen molar-refractivity contribution in [3.8, 4) is 0 Å². The molecule has 2 aromatic rings. The van der Waals surface area contributed by atoms with Gasteiger partial charge < -0.3 is 10.3 Å². The van der Waals surface area contributed by atoms with Crippen molar-refractivity contribution in [3.63, 3.8) is 0 Å². The Morgan fingerprint density at radius 3 is 3.12 bits per heavy atom. The minimum Gasteiger partial charge on any atom is -0.346 e. The summed E-state index contributed by atoms with van der Waals surface area (Å²) in [6, 6.07) is 3.92. The van der Waals surface area contributed by atoms with Crippen LogP contribution in [0.1, 0.15) is 24.3 Å². The first-order valence-corrected chi connectivity index (χ1v) is 6.06. The monoisotopic (exact) mass is 235 g/mol. The number of aromatic amines is 1. The highest BCUT2D eigenvalue weighted by Gasteiger charge is 2.18. The van der Waals surface area contributed by atoms with Gasteiger partial charge in [0.2, 0.25) is 0 Å². The van der Waals surface area contributed by atoms with Crippen molar-refractivity contribution < 1.29 is 0 Å². The summed E-state index contributed by atoms with van der Waals surface area (Å²) in [7, 11) is 0. The first kappa shape index (κ1) is 10.1. The molecule has 2 N–H and O–H groups in total. The molecule has 0 bridgehead atoms. The van der Waals surface area contributed by atoms with Crippen molar-refractivity contribution in [2.24, 2.45) is 0 Å². The first-order chi connectivity index (χ1) is 7.84. The van der Waals surface area contributed by atoms with Crippen LogP contribution >= 0.6 is 11.6 Å². The SMILES string of the molecule is Clc1ccc2c([C@H]3CCCNC3)c[nH]c2n1. The van der Waals surface area contributed by atoms with Crippen LogP contribution in [-0.4, -0.2) is 23.1 Å². The summed E-state index contributed by atoms with van der Waals surface area (Å²) < 4.78 is 0. The third-order valence-corrected chi connectivity index (χ3v) is 3.48. The van der Waals surface area contributed by atoms with Crippen LogP contribution in [0.5, 0.6) is 0 Å². The molecule has 1 atom stereocenters. The van der Waals surface area contributed by atoms with Crippen molar-refractivity contribution in [1.29, 1.82) is 0 Å². The van der Waals surface area contributed by atoms with Gasteiger partial charge in [0, 0.05) is 18.1 Å². The molecule has 3 rings (SSSR count). The summed E-state index contributed by atoms with van der Waals surface area (Å²) in [5.74, 6) is 0.602. The molecule has 3 heterocycles. The summed E-state index contributed by atoms with van der Waals surface area (Å²) in [6.07, 6.45) is 4.58. The van der Waals surface area contributed by atoms with E-state index in [1.165, 1.54) is 23.8 Å². The average Bonchev–Trinajstić information content (AvgIpc) is 2.73. The van der Waals surface area contributed by atoms with E-state index in [-0.39, 0.29) is 0 Å². The highest BCUT2D eigenvalue weighted by molar-refractivity contribution is 6.29. The van der Waals surface area contributed by atoms with Crippen LogP contribution in [0.2, 0.25) is 5.15 Å². The number of fused-ring (bicyclic) bond motifs is 1. The summed E-state index contributed by atoms with van der Waals surface area (Å²) in [4.78, 5) is 7.48. The number of hydrogen-bond donors (Lipinski definition) is 2. The molecule has 0 unspecified atom stereocenters. The lowest BCUT2D eigenvalue weighted by atomic mass is 9.92. The number of hydrogen-bond acceptors (Lipinski definition) is 2. The van der Waals surface area contributed by atoms with Crippen LogP contribution in [0.4, 0.5) is 0 Å². The second kappa shape index (κ2) is 4.07. The molecule has 0 aliphatic carbocycles. The predicted molar refractivity (Wildman–Crippen MR) is 65.9 cm³/mol. The van der Waals surface area contributed by atoms with E-state index in [0.717, 1.165) is 18.7 Å². The molecule has 1 saturated heterocycles. The van der Waals surface area contributed by atoms with Gasteiger partial charge in [-0.15, -0.1) is 0 Å². The second-order valence-corrected chi connectivity index (χ2v) is 4.70. The maximum absolute atomic E-state index is 5.87. The van der Waals surface area contributed by atoms with Gasteiger partial charge in [0.25, 0.3) is 0 Å². The van der Waals surface area contributed by atoms with Crippen LogP contribution in [0.3, 0.4) is 0 Å². The largest absolute Gasteiger partial charge is 0.346 e. The molecule has 0 amide bonds. The summed E-state index contributed by atoms with van der Waals surface area (Å²) in [5.41, 5.74) is 2.26. The number of nitrogens with one attached hydrogen (secondary N) is 2. The highest BCUT2D eigenvalue weighted by atomic mass is 35.5. The molecule has 1 fully saturated rings. The fraction of sp³-hybridized carbons (Fsp3) is 0.417. The van der Waals surface area contributed by atoms with E-state index in [0.29, 0.717) is 11.1 Å². The Labute approximate surface area is 99.2 Å². The Bertz CT molecular complexity index is 500. The summed E-state index contributed by atoms with van der Waals surface area (Å²) in [6.45, 7) is 2.21. The van der Waals surface area contributed by atoms with Crippen molar-refractivity contribution in [2.75, 3.05) is 13.1 Å². The molecular formula is C12H14ClN3. The van der Waals surface area contributed by atoms with Crippen molar-refractivity contribution >= 4 is 22.6 Å². The number of piperidine rings is 1. The van der Waals surface area contributed by atoms with Gasteiger partial charge in [-0.3, -0.25) is 0 Å². The lowest BCUT2D eigenvalue weighted by Crippen LogP contribution is -2.28. The Morgan fingerprint density at radius 2 is 2.31 bits per heavy atom. The van der Waals surface area contributed by atoms with E-state index in [4.69, 9.17) is 11.6 Å². The molecule has 16 heavy (non-hydrogen) atoms. The number of rotatable bonds is 1. The van der Waals surface area contributed by atoms with Crippen molar-refractivity contribution in [2.45, 2.75) is 18.8 Å². The van der Waals surface area contributed by atoms with E-state index >= 15 is 0 Å². The van der Waals surface area contributed by atoms with Crippen molar-refractivity contribution in [1.82, 2.24) is 15.3 Å². The zero-order valence-electron chi connectivity index (χ0n) is 8.96. The number of nitrogens with zero attached hydrogens (tertiary/aromatic N) is 1. The van der Waals surface area contributed by atoms with Crippen molar-refractivity contribution in [3.05, 3.63) is 29.0 Å². The van der Waals surface area contributed by atoms with E-state index in [1.54, 1.807) is 0 Å². The topological polar surface area (TPSA) is 40.7 Å². The summed E-state index contributed by atoms with van der Waals surface area (Å²) >= 11 is 5.87. The third kappa shape index (κ3) is 1.70. The number of H-pyrrole nitrogens is 1. The fourth-order valence-corrected chi connectivity index (χ4v) is 2.60. The number of pyridine rings is 1. The van der Waals surface area contributed by atoms with Gasteiger partial charge >= 0.3 is 0 Å². The fourth-order valence-electron chi connectivity index (χ4n) is 2.46. The Kier molecular flexibility index (Phi) is 2.58. The minimum absolute atomic E-state index is 0.544. The van der Waals surface area contributed by atoms with Gasteiger partial charge in [-0.05, 0) is 43.0 Å². The van der Waals surface area contributed by atoms with E-state index in [2.05, 4.69) is 27.5 Å². The van der Waals surface area contributed by atoms with Crippen LogP contribution in [0.15, 0.2) is 18.3 Å². The minimum atomic E-state index is 0.544. The normalized spacial score (nSPS) is 21.4. The second-order valence-electron chi connectivity index (χ2n) is 4.32. The van der Waals surface area contributed by atoms with Crippen LogP contribution in [-0.2, 0) is 0 Å². The number of aromatic nitrogens is 2. The molecular weight excluding hydrogens is 222 g/mol. The molecule has 84 valence electrons. The molecule has 1 aliphatic heterocycles. The maximum atomic E-state index is 5.87. The Morgan fingerprint density at radius 1 is 1.38 bits per heavy atom. The Balaban J connectivity index is 2.03. The zero-order valence-corrected chi connectivity index (χ0v) is 9.72. The molecule has 0 aromatic carbocycles. The van der Waals surface area contributed by atoms with Gasteiger partial charge in [-0.2, -0.15) is 0 Å². The standard InChI is InChI=1S/C12H14ClN3/c13-11-4-3-9-10(7-15-12(9)16-11)8-2-1-5-14-6-8/h3-4,7-8,14H,1-2,5-6H2,(H,15,16)/t8-/m0/s1. The molecule has 2 aromatic heterocycles. The van der Waals surface area contributed by atoms with Crippen LogP contribution in [0.25, 0.3) is 11.0 Å². The highest BCUT2D eigenvalue weighted by Crippen LogP contribution is 2.29. The van der Waals surface area contributed by atoms with Gasteiger partial charge in [-0.25, -0.2) is 4.98 Å². The van der Waals surface area contributed by atoms with Gasteiger partial charge in [0.15, 0.2) is 0 Å². The molecule has 3 nitrogen and oxygen atoms in total. The van der Waals surface area contributed by atoms with Gasteiger partial charge in [0.1, 0.15) is 10.8 Å². The first-order valence-electron chi connectivity index (χ1n) is 5.69.